The molecule has 1 amide bonds. The highest BCUT2D eigenvalue weighted by atomic mass is 35.5. The lowest BCUT2D eigenvalue weighted by atomic mass is 10.1. The van der Waals surface area contributed by atoms with Crippen molar-refractivity contribution < 1.29 is 18.7 Å². The third-order valence-electron chi connectivity index (χ3n) is 3.34. The minimum Gasteiger partial charge on any atom is -0.465 e. The number of hydrogen-bond donors (Lipinski definition) is 1. The number of hydrogen-bond acceptors (Lipinski definition) is 4. The van der Waals surface area contributed by atoms with Crippen LogP contribution in [0.4, 0.5) is 10.1 Å². The molecule has 1 atom stereocenters. The lowest BCUT2D eigenvalue weighted by Crippen LogP contribution is -2.26. The molecular formula is C18H25ClFNO3S. The Hall–Kier alpha value is -1.27. The lowest BCUT2D eigenvalue weighted by Gasteiger charge is -2.20. The summed E-state index contributed by atoms with van der Waals surface area (Å²) in [5, 5.41) is 2.27. The van der Waals surface area contributed by atoms with Crippen LogP contribution in [0, 0.1) is 17.7 Å². The maximum atomic E-state index is 14.1. The van der Waals surface area contributed by atoms with Gasteiger partial charge in [0, 0.05) is 10.8 Å². The Kier molecular flexibility index (Phi) is 8.73. The van der Waals surface area contributed by atoms with Crippen molar-refractivity contribution in [2.24, 2.45) is 11.8 Å². The fraction of sp³-hybridized carbons (Fsp3) is 0.556. The van der Waals surface area contributed by atoms with Crippen molar-refractivity contribution >= 4 is 40.9 Å². The lowest BCUT2D eigenvalue weighted by molar-refractivity contribution is -0.143. The standard InChI is InChI=1S/C18H25ClFNO3S/c1-6-7-24-18(23)16(10(2)3)25-15-9-14(13(20)8-12(15)19)21-17(22)11(4)5/h8-11,16H,6-7H2,1-5H3,(H,21,22). The first-order valence-corrected chi connectivity index (χ1v) is 9.56. The van der Waals surface area contributed by atoms with Crippen LogP contribution in [-0.4, -0.2) is 23.7 Å². The topological polar surface area (TPSA) is 55.4 Å². The third kappa shape index (κ3) is 6.51. The zero-order valence-corrected chi connectivity index (χ0v) is 16.8. The Labute approximate surface area is 157 Å². The number of carbonyl (C=O) groups excluding carboxylic acids is 2. The predicted octanol–water partition coefficient (Wildman–Crippen LogP) is 5.14. The van der Waals surface area contributed by atoms with Gasteiger partial charge in [0.2, 0.25) is 5.91 Å². The number of halogens is 2. The molecular weight excluding hydrogens is 365 g/mol. The molecule has 140 valence electrons. The fourth-order valence-corrected chi connectivity index (χ4v) is 3.22. The van der Waals surface area contributed by atoms with E-state index in [1.165, 1.54) is 17.8 Å². The SMILES string of the molecule is CCCOC(=O)C(Sc1cc(NC(=O)C(C)C)c(F)cc1Cl)C(C)C. The number of anilines is 1. The van der Waals surface area contributed by atoms with Crippen LogP contribution in [0.15, 0.2) is 17.0 Å². The Morgan fingerprint density at radius 1 is 1.28 bits per heavy atom. The second kappa shape index (κ2) is 10.0. The first-order valence-electron chi connectivity index (χ1n) is 8.30. The predicted molar refractivity (Wildman–Crippen MR) is 101 cm³/mol. The number of thioether (sulfide) groups is 1. The van der Waals surface area contributed by atoms with Crippen molar-refractivity contribution in [2.45, 2.75) is 51.2 Å². The molecule has 0 bridgehead atoms. The number of rotatable bonds is 8. The van der Waals surface area contributed by atoms with Gasteiger partial charge in [0.25, 0.3) is 0 Å². The maximum absolute atomic E-state index is 14.1. The Morgan fingerprint density at radius 3 is 2.44 bits per heavy atom. The monoisotopic (exact) mass is 389 g/mol. The van der Waals surface area contributed by atoms with Gasteiger partial charge in [0.15, 0.2) is 0 Å². The maximum Gasteiger partial charge on any atom is 0.319 e. The van der Waals surface area contributed by atoms with E-state index in [2.05, 4.69) is 5.32 Å². The van der Waals surface area contributed by atoms with Gasteiger partial charge in [0.1, 0.15) is 11.1 Å². The molecule has 0 saturated heterocycles. The first kappa shape index (κ1) is 21.8. The van der Waals surface area contributed by atoms with Gasteiger partial charge in [-0.3, -0.25) is 9.59 Å². The average molecular weight is 390 g/mol. The van der Waals surface area contributed by atoms with E-state index in [-0.39, 0.29) is 34.4 Å². The summed E-state index contributed by atoms with van der Waals surface area (Å²) < 4.78 is 19.3. The van der Waals surface area contributed by atoms with Gasteiger partial charge in [-0.25, -0.2) is 4.39 Å². The number of nitrogens with one attached hydrogen (secondary N) is 1. The Bertz CT molecular complexity index is 623. The molecule has 1 unspecified atom stereocenters. The molecule has 4 nitrogen and oxygen atoms in total. The van der Waals surface area contributed by atoms with E-state index in [0.29, 0.717) is 11.5 Å². The molecule has 1 N–H and O–H groups in total. The van der Waals surface area contributed by atoms with Crippen molar-refractivity contribution in [3.05, 3.63) is 23.0 Å². The van der Waals surface area contributed by atoms with E-state index in [1.54, 1.807) is 13.8 Å². The summed E-state index contributed by atoms with van der Waals surface area (Å²) in [4.78, 5) is 24.6. The second-order valence-electron chi connectivity index (χ2n) is 6.36. The summed E-state index contributed by atoms with van der Waals surface area (Å²) in [7, 11) is 0. The van der Waals surface area contributed by atoms with E-state index >= 15 is 0 Å². The van der Waals surface area contributed by atoms with E-state index in [9.17, 15) is 14.0 Å². The molecule has 1 aromatic carbocycles. The first-order chi connectivity index (χ1) is 11.7. The van der Waals surface area contributed by atoms with Crippen molar-refractivity contribution in [1.82, 2.24) is 0 Å². The molecule has 0 heterocycles. The van der Waals surface area contributed by atoms with Gasteiger partial charge in [-0.1, -0.05) is 46.2 Å². The van der Waals surface area contributed by atoms with Gasteiger partial charge in [-0.2, -0.15) is 0 Å². The summed E-state index contributed by atoms with van der Waals surface area (Å²) in [6.45, 7) is 9.53. The average Bonchev–Trinajstić information content (AvgIpc) is 2.53. The highest BCUT2D eigenvalue weighted by molar-refractivity contribution is 8.00. The number of benzene rings is 1. The molecule has 0 saturated carbocycles. The van der Waals surface area contributed by atoms with E-state index in [0.717, 1.165) is 12.5 Å². The van der Waals surface area contributed by atoms with Crippen LogP contribution in [0.2, 0.25) is 5.02 Å². The van der Waals surface area contributed by atoms with Gasteiger partial charge in [-0.05, 0) is 24.5 Å². The zero-order chi connectivity index (χ0) is 19.1. The van der Waals surface area contributed by atoms with E-state index < -0.39 is 11.1 Å². The van der Waals surface area contributed by atoms with Gasteiger partial charge < -0.3 is 10.1 Å². The molecule has 25 heavy (non-hydrogen) atoms. The van der Waals surface area contributed by atoms with Crippen LogP contribution < -0.4 is 5.32 Å². The third-order valence-corrected chi connectivity index (χ3v) is 5.35. The summed E-state index contributed by atoms with van der Waals surface area (Å²) in [5.41, 5.74) is 0.0510. The number of ether oxygens (including phenoxy) is 1. The fourth-order valence-electron chi connectivity index (χ4n) is 1.87. The van der Waals surface area contributed by atoms with E-state index in [4.69, 9.17) is 16.3 Å². The minimum absolute atomic E-state index is 0.00387. The molecule has 1 aromatic rings. The minimum atomic E-state index is -0.613. The second-order valence-corrected chi connectivity index (χ2v) is 7.95. The van der Waals surface area contributed by atoms with Crippen molar-refractivity contribution in [3.8, 4) is 0 Å². The zero-order valence-electron chi connectivity index (χ0n) is 15.2. The van der Waals surface area contributed by atoms with Crippen molar-refractivity contribution in [1.29, 1.82) is 0 Å². The van der Waals surface area contributed by atoms with E-state index in [1.807, 2.05) is 20.8 Å². The smallest absolute Gasteiger partial charge is 0.319 e. The molecule has 0 aliphatic heterocycles. The van der Waals surface area contributed by atoms with Crippen LogP contribution in [0.25, 0.3) is 0 Å². The number of carbonyl (C=O) groups is 2. The summed E-state index contributed by atoms with van der Waals surface area (Å²) in [5.74, 6) is -1.50. The summed E-state index contributed by atoms with van der Waals surface area (Å²) in [6.07, 6.45) is 0.740. The molecule has 0 fully saturated rings. The molecule has 0 aliphatic carbocycles. The Balaban J connectivity index is 3.05. The quantitative estimate of drug-likeness (QED) is 0.493. The van der Waals surface area contributed by atoms with Crippen molar-refractivity contribution in [3.63, 3.8) is 0 Å². The molecule has 7 heteroatoms. The van der Waals surface area contributed by atoms with Gasteiger partial charge >= 0.3 is 5.97 Å². The van der Waals surface area contributed by atoms with Crippen LogP contribution in [-0.2, 0) is 14.3 Å². The highest BCUT2D eigenvalue weighted by Gasteiger charge is 2.26. The van der Waals surface area contributed by atoms with Gasteiger partial charge in [-0.15, -0.1) is 11.8 Å². The van der Waals surface area contributed by atoms with Crippen molar-refractivity contribution in [2.75, 3.05) is 11.9 Å². The molecule has 0 aliphatic rings. The van der Waals surface area contributed by atoms with Crippen LogP contribution in [0.1, 0.15) is 41.0 Å². The number of amides is 1. The summed E-state index contributed by atoms with van der Waals surface area (Å²) >= 11 is 7.35. The van der Waals surface area contributed by atoms with Crippen LogP contribution in [0.5, 0.6) is 0 Å². The van der Waals surface area contributed by atoms with Crippen LogP contribution >= 0.6 is 23.4 Å². The molecule has 1 rings (SSSR count). The summed E-state index contributed by atoms with van der Waals surface area (Å²) in [6, 6.07) is 2.61. The van der Waals surface area contributed by atoms with Crippen LogP contribution in [0.3, 0.4) is 0 Å². The largest absolute Gasteiger partial charge is 0.465 e. The Morgan fingerprint density at radius 2 is 1.92 bits per heavy atom. The highest BCUT2D eigenvalue weighted by Crippen LogP contribution is 2.37. The molecule has 0 spiro atoms. The molecule has 0 radical (unpaired) electrons. The van der Waals surface area contributed by atoms with Gasteiger partial charge in [0.05, 0.1) is 17.3 Å². The molecule has 0 aromatic heterocycles. The normalized spacial score (nSPS) is 12.4. The number of esters is 1.